The number of aliphatic carboxylic acids is 1. The molecule has 12 heavy (non-hydrogen) atoms. The van der Waals surface area contributed by atoms with Crippen molar-refractivity contribution in [2.24, 2.45) is 0 Å². The molecule has 0 aliphatic carbocycles. The highest BCUT2D eigenvalue weighted by Crippen LogP contribution is 1.92. The van der Waals surface area contributed by atoms with E-state index in [4.69, 9.17) is 5.11 Å². The number of carboxylic acid groups (broad SMARTS) is 1. The first-order valence-corrected chi connectivity index (χ1v) is 3.32. The molecular weight excluding hydrogens is 164 g/mol. The third-order valence-electron chi connectivity index (χ3n) is 1.19. The fourth-order valence-corrected chi connectivity index (χ4v) is 0.647. The van der Waals surface area contributed by atoms with Crippen molar-refractivity contribution in [3.63, 3.8) is 0 Å². The number of hydrogen-bond acceptors (Lipinski definition) is 3. The molecule has 0 aliphatic heterocycles. The Balaban J connectivity index is 3.68. The summed E-state index contributed by atoms with van der Waals surface area (Å²) in [7, 11) is 0. The lowest BCUT2D eigenvalue weighted by atomic mass is 10.2. The number of nitrogens with one attached hydrogen (secondary N) is 2. The van der Waals surface area contributed by atoms with Gasteiger partial charge in [-0.15, -0.1) is 0 Å². The van der Waals surface area contributed by atoms with Gasteiger partial charge in [-0.05, 0) is 6.42 Å². The Morgan fingerprint density at radius 2 is 1.83 bits per heavy atom. The van der Waals surface area contributed by atoms with E-state index in [1.165, 1.54) is 0 Å². The third-order valence-corrected chi connectivity index (χ3v) is 1.19. The van der Waals surface area contributed by atoms with E-state index in [9.17, 15) is 14.4 Å². The van der Waals surface area contributed by atoms with Crippen LogP contribution < -0.4 is 10.6 Å². The Labute approximate surface area is 68.9 Å². The Hall–Kier alpha value is -1.59. The van der Waals surface area contributed by atoms with Crippen LogP contribution in [-0.4, -0.2) is 30.1 Å². The zero-order valence-corrected chi connectivity index (χ0v) is 6.32. The van der Waals surface area contributed by atoms with Crippen LogP contribution >= 0.6 is 0 Å². The Bertz CT molecular complexity index is 161. The minimum atomic E-state index is -0.972. The van der Waals surface area contributed by atoms with Crippen LogP contribution in [0.25, 0.3) is 0 Å². The van der Waals surface area contributed by atoms with Gasteiger partial charge in [0.15, 0.2) is 0 Å². The van der Waals surface area contributed by atoms with Crippen LogP contribution in [0.1, 0.15) is 12.8 Å². The molecule has 2 amide bonds. The molecule has 6 heteroatoms. The normalized spacial score (nSPS) is 9.08. The van der Waals surface area contributed by atoms with E-state index >= 15 is 0 Å². The van der Waals surface area contributed by atoms with Crippen molar-refractivity contribution in [3.05, 3.63) is 0 Å². The molecule has 0 bridgehead atoms. The summed E-state index contributed by atoms with van der Waals surface area (Å²) in [6, 6.07) is 0. The van der Waals surface area contributed by atoms with Crippen molar-refractivity contribution in [3.8, 4) is 0 Å². The van der Waals surface area contributed by atoms with E-state index in [2.05, 4.69) is 10.6 Å². The molecule has 0 aromatic heterocycles. The topological polar surface area (TPSA) is 95.5 Å². The maximum atomic E-state index is 10.1. The third kappa shape index (κ3) is 5.21. The molecule has 68 valence electrons. The number of rotatable bonds is 7. The lowest BCUT2D eigenvalue weighted by Gasteiger charge is -2.12. The van der Waals surface area contributed by atoms with Crippen LogP contribution in [0.3, 0.4) is 0 Å². The van der Waals surface area contributed by atoms with Crippen LogP contribution in [-0.2, 0) is 14.4 Å². The molecule has 0 unspecified atom stereocenters. The predicted molar refractivity (Wildman–Crippen MR) is 39.1 cm³/mol. The molecule has 0 aromatic rings. The second kappa shape index (κ2) is 6.14. The molecule has 0 heterocycles. The van der Waals surface area contributed by atoms with Gasteiger partial charge in [-0.1, -0.05) is 0 Å². The number of carboxylic acids is 1. The largest absolute Gasteiger partial charge is 0.481 e. The first kappa shape index (κ1) is 10.4. The van der Waals surface area contributed by atoms with Crippen molar-refractivity contribution < 1.29 is 19.5 Å². The average Bonchev–Trinajstić information content (AvgIpc) is 2.01. The van der Waals surface area contributed by atoms with Gasteiger partial charge in [0.25, 0.3) is 0 Å². The van der Waals surface area contributed by atoms with Gasteiger partial charge in [-0.2, -0.15) is 0 Å². The number of carbonyl (C=O) groups is 3. The molecule has 6 nitrogen and oxygen atoms in total. The summed E-state index contributed by atoms with van der Waals surface area (Å²) < 4.78 is 0. The number of carbonyl (C=O) groups excluding carboxylic acids is 2. The number of amides is 2. The average molecular weight is 174 g/mol. The molecule has 0 aromatic carbocycles. The zero-order chi connectivity index (χ0) is 9.40. The van der Waals surface area contributed by atoms with E-state index in [0.717, 1.165) is 0 Å². The minimum absolute atomic E-state index is 0.105. The molecule has 0 aliphatic rings. The molecule has 0 fully saturated rings. The lowest BCUT2D eigenvalue weighted by molar-refractivity contribution is -0.137. The van der Waals surface area contributed by atoms with Crippen molar-refractivity contribution in [2.45, 2.75) is 19.0 Å². The molecule has 0 saturated carbocycles. The van der Waals surface area contributed by atoms with E-state index in [-0.39, 0.29) is 12.8 Å². The summed E-state index contributed by atoms with van der Waals surface area (Å²) in [5, 5.41) is 12.8. The Morgan fingerprint density at radius 3 is 2.17 bits per heavy atom. The van der Waals surface area contributed by atoms with Crippen molar-refractivity contribution in [2.75, 3.05) is 0 Å². The molecule has 0 spiro atoms. The first-order chi connectivity index (χ1) is 5.70. The van der Waals surface area contributed by atoms with Crippen LogP contribution in [0.5, 0.6) is 0 Å². The molecular formula is C6H10N2O4. The van der Waals surface area contributed by atoms with Crippen molar-refractivity contribution in [1.29, 1.82) is 0 Å². The zero-order valence-electron chi connectivity index (χ0n) is 6.32. The number of hydrogen-bond donors (Lipinski definition) is 3. The second-order valence-electron chi connectivity index (χ2n) is 2.05. The van der Waals surface area contributed by atoms with E-state index < -0.39 is 12.1 Å². The SMILES string of the molecule is O=CNC(CCC(=O)O)NC=O. The highest BCUT2D eigenvalue weighted by atomic mass is 16.4. The van der Waals surface area contributed by atoms with Crippen LogP contribution in [0.15, 0.2) is 0 Å². The minimum Gasteiger partial charge on any atom is -0.481 e. The van der Waals surface area contributed by atoms with Gasteiger partial charge in [-0.25, -0.2) is 0 Å². The van der Waals surface area contributed by atoms with Crippen LogP contribution in [0.4, 0.5) is 0 Å². The summed E-state index contributed by atoms with van der Waals surface area (Å²) in [5.74, 6) is -0.972. The van der Waals surface area contributed by atoms with Gasteiger partial charge >= 0.3 is 5.97 Å². The van der Waals surface area contributed by atoms with E-state index in [1.807, 2.05) is 0 Å². The Morgan fingerprint density at radius 1 is 1.33 bits per heavy atom. The smallest absolute Gasteiger partial charge is 0.303 e. The maximum absolute atomic E-state index is 10.1. The molecule has 0 rings (SSSR count). The van der Waals surface area contributed by atoms with Gasteiger partial charge in [0.05, 0.1) is 0 Å². The molecule has 0 saturated heterocycles. The lowest BCUT2D eigenvalue weighted by Crippen LogP contribution is -2.41. The van der Waals surface area contributed by atoms with Crippen molar-refractivity contribution >= 4 is 18.8 Å². The summed E-state index contributed by atoms with van der Waals surface area (Å²) in [5.41, 5.74) is 0. The predicted octanol–water partition coefficient (Wildman–Crippen LogP) is -1.33. The molecule has 3 N–H and O–H groups in total. The quantitative estimate of drug-likeness (QED) is 0.329. The summed E-state index contributed by atoms with van der Waals surface area (Å²) in [6.45, 7) is 0. The standard InChI is InChI=1S/C6H10N2O4/c9-3-7-5(8-4-10)1-2-6(11)12/h3-5H,1-2H2,(H,7,9)(H,8,10)(H,11,12). The van der Waals surface area contributed by atoms with Gasteiger partial charge in [0.1, 0.15) is 6.17 Å². The maximum Gasteiger partial charge on any atom is 0.303 e. The molecule has 0 radical (unpaired) electrons. The van der Waals surface area contributed by atoms with E-state index in [0.29, 0.717) is 12.8 Å². The highest BCUT2D eigenvalue weighted by molar-refractivity contribution is 5.66. The summed E-state index contributed by atoms with van der Waals surface area (Å²) in [6.07, 6.45) is 0.279. The van der Waals surface area contributed by atoms with Crippen molar-refractivity contribution in [1.82, 2.24) is 10.6 Å². The van der Waals surface area contributed by atoms with Crippen LogP contribution in [0.2, 0.25) is 0 Å². The highest BCUT2D eigenvalue weighted by Gasteiger charge is 2.07. The fourth-order valence-electron chi connectivity index (χ4n) is 0.647. The second-order valence-corrected chi connectivity index (χ2v) is 2.05. The monoisotopic (exact) mass is 174 g/mol. The Kier molecular flexibility index (Phi) is 5.33. The van der Waals surface area contributed by atoms with Gasteiger partial charge < -0.3 is 15.7 Å². The van der Waals surface area contributed by atoms with E-state index in [1.54, 1.807) is 0 Å². The first-order valence-electron chi connectivity index (χ1n) is 3.32. The molecule has 0 atom stereocenters. The van der Waals surface area contributed by atoms with Gasteiger partial charge in [0.2, 0.25) is 12.8 Å². The van der Waals surface area contributed by atoms with Gasteiger partial charge in [-0.3, -0.25) is 14.4 Å². The summed E-state index contributed by atoms with van der Waals surface area (Å²) in [4.78, 5) is 29.9. The van der Waals surface area contributed by atoms with Crippen LogP contribution in [0, 0.1) is 0 Å². The van der Waals surface area contributed by atoms with Gasteiger partial charge in [0, 0.05) is 6.42 Å². The summed E-state index contributed by atoms with van der Waals surface area (Å²) >= 11 is 0. The fraction of sp³-hybridized carbons (Fsp3) is 0.500.